The zero-order valence-electron chi connectivity index (χ0n) is 11.8. The highest BCUT2D eigenvalue weighted by molar-refractivity contribution is 5.33. The van der Waals surface area contributed by atoms with Crippen LogP contribution in [-0.2, 0) is 15.9 Å². The summed E-state index contributed by atoms with van der Waals surface area (Å²) in [6, 6.07) is 7.91. The fourth-order valence-electron chi connectivity index (χ4n) is 1.93. The average molecular weight is 268 g/mol. The summed E-state index contributed by atoms with van der Waals surface area (Å²) in [5, 5.41) is 9.43. The lowest BCUT2D eigenvalue weighted by Crippen LogP contribution is -2.14. The Kier molecular flexibility index (Phi) is 8.21. The molecule has 0 saturated heterocycles. The minimum atomic E-state index is 0.158. The highest BCUT2D eigenvalue weighted by atomic mass is 16.5. The van der Waals surface area contributed by atoms with Crippen LogP contribution in [0.1, 0.15) is 12.0 Å². The van der Waals surface area contributed by atoms with Crippen LogP contribution in [-0.4, -0.2) is 45.8 Å². The number of para-hydroxylation sites is 1. The molecule has 0 aliphatic carbocycles. The van der Waals surface area contributed by atoms with Gasteiger partial charge in [0.15, 0.2) is 0 Å². The van der Waals surface area contributed by atoms with Gasteiger partial charge in [-0.2, -0.15) is 0 Å². The van der Waals surface area contributed by atoms with Gasteiger partial charge in [-0.05, 0) is 30.4 Å². The highest BCUT2D eigenvalue weighted by Crippen LogP contribution is 2.22. The summed E-state index contributed by atoms with van der Waals surface area (Å²) < 4.78 is 15.7. The first-order valence-electron chi connectivity index (χ1n) is 6.61. The topological polar surface area (TPSA) is 47.9 Å². The van der Waals surface area contributed by atoms with Crippen LogP contribution >= 0.6 is 0 Å². The fourth-order valence-corrected chi connectivity index (χ4v) is 1.93. The van der Waals surface area contributed by atoms with E-state index < -0.39 is 0 Å². The quantitative estimate of drug-likeness (QED) is 0.658. The molecule has 1 aromatic rings. The van der Waals surface area contributed by atoms with Crippen molar-refractivity contribution in [3.8, 4) is 5.75 Å². The molecule has 1 aromatic carbocycles. The number of ether oxygens (including phenoxy) is 3. The summed E-state index contributed by atoms with van der Waals surface area (Å²) in [6.45, 7) is 2.01. The summed E-state index contributed by atoms with van der Waals surface area (Å²) in [4.78, 5) is 0. The normalized spacial score (nSPS) is 12.4. The molecule has 0 heterocycles. The van der Waals surface area contributed by atoms with Crippen LogP contribution < -0.4 is 4.74 Å². The third kappa shape index (κ3) is 6.05. The number of benzene rings is 1. The van der Waals surface area contributed by atoms with E-state index in [4.69, 9.17) is 14.2 Å². The first kappa shape index (κ1) is 16.0. The van der Waals surface area contributed by atoms with E-state index in [1.807, 2.05) is 24.3 Å². The largest absolute Gasteiger partial charge is 0.496 e. The van der Waals surface area contributed by atoms with E-state index >= 15 is 0 Å². The zero-order valence-corrected chi connectivity index (χ0v) is 11.8. The number of hydrogen-bond donors (Lipinski definition) is 1. The summed E-state index contributed by atoms with van der Waals surface area (Å²) in [5.74, 6) is 1.07. The van der Waals surface area contributed by atoms with E-state index in [0.29, 0.717) is 19.8 Å². The molecule has 1 atom stereocenters. The SMILES string of the molecule is COCCOCCC(CO)Cc1ccccc1OC. The Morgan fingerprint density at radius 2 is 1.89 bits per heavy atom. The van der Waals surface area contributed by atoms with Crippen LogP contribution in [0, 0.1) is 5.92 Å². The average Bonchev–Trinajstić information content (AvgIpc) is 2.46. The Labute approximate surface area is 115 Å². The molecule has 0 bridgehead atoms. The first-order valence-corrected chi connectivity index (χ1v) is 6.61. The van der Waals surface area contributed by atoms with Crippen molar-refractivity contribution in [1.29, 1.82) is 0 Å². The molecule has 0 spiro atoms. The van der Waals surface area contributed by atoms with E-state index in [9.17, 15) is 5.11 Å². The van der Waals surface area contributed by atoms with Crippen LogP contribution in [0.25, 0.3) is 0 Å². The van der Waals surface area contributed by atoms with Crippen molar-refractivity contribution in [2.45, 2.75) is 12.8 Å². The Morgan fingerprint density at radius 3 is 2.58 bits per heavy atom. The second-order valence-electron chi connectivity index (χ2n) is 4.46. The summed E-state index contributed by atoms with van der Waals surface area (Å²) in [6.07, 6.45) is 1.63. The molecule has 0 saturated carbocycles. The van der Waals surface area contributed by atoms with Crippen molar-refractivity contribution in [1.82, 2.24) is 0 Å². The van der Waals surface area contributed by atoms with Gasteiger partial charge in [0.2, 0.25) is 0 Å². The second kappa shape index (κ2) is 9.78. The first-order chi connectivity index (χ1) is 9.31. The molecule has 0 aliphatic heterocycles. The number of aliphatic hydroxyl groups excluding tert-OH is 1. The van der Waals surface area contributed by atoms with Crippen molar-refractivity contribution >= 4 is 0 Å². The van der Waals surface area contributed by atoms with Gasteiger partial charge in [0.05, 0.1) is 20.3 Å². The summed E-state index contributed by atoms with van der Waals surface area (Å²) in [5.41, 5.74) is 1.13. The molecule has 0 aliphatic rings. The minimum absolute atomic E-state index is 0.158. The van der Waals surface area contributed by atoms with E-state index in [-0.39, 0.29) is 12.5 Å². The van der Waals surface area contributed by atoms with Gasteiger partial charge in [0.1, 0.15) is 5.75 Å². The maximum Gasteiger partial charge on any atom is 0.122 e. The number of hydrogen-bond acceptors (Lipinski definition) is 4. The fraction of sp³-hybridized carbons (Fsp3) is 0.600. The smallest absolute Gasteiger partial charge is 0.122 e. The van der Waals surface area contributed by atoms with Gasteiger partial charge in [-0.3, -0.25) is 0 Å². The van der Waals surface area contributed by atoms with E-state index in [1.165, 1.54) is 0 Å². The van der Waals surface area contributed by atoms with Crippen molar-refractivity contribution in [2.75, 3.05) is 40.6 Å². The Balaban J connectivity index is 2.38. The van der Waals surface area contributed by atoms with Crippen LogP contribution in [0.15, 0.2) is 24.3 Å². The predicted molar refractivity (Wildman–Crippen MR) is 74.6 cm³/mol. The molecular weight excluding hydrogens is 244 g/mol. The molecule has 19 heavy (non-hydrogen) atoms. The lowest BCUT2D eigenvalue weighted by Gasteiger charge is -2.16. The molecule has 0 aromatic heterocycles. The van der Waals surface area contributed by atoms with Crippen LogP contribution in [0.2, 0.25) is 0 Å². The predicted octanol–water partition coefficient (Wildman–Crippen LogP) is 1.90. The molecular formula is C15H24O4. The van der Waals surface area contributed by atoms with Crippen LogP contribution in [0.5, 0.6) is 5.75 Å². The molecule has 4 heteroatoms. The van der Waals surface area contributed by atoms with E-state index in [1.54, 1.807) is 14.2 Å². The van der Waals surface area contributed by atoms with Gasteiger partial charge >= 0.3 is 0 Å². The highest BCUT2D eigenvalue weighted by Gasteiger charge is 2.11. The van der Waals surface area contributed by atoms with E-state index in [2.05, 4.69) is 0 Å². The number of rotatable bonds is 10. The molecule has 0 radical (unpaired) electrons. The standard InChI is InChI=1S/C15H24O4/c1-17-9-10-19-8-7-13(12-16)11-14-5-3-4-6-15(14)18-2/h3-6,13,16H,7-12H2,1-2H3. The van der Waals surface area contributed by atoms with Gasteiger partial charge in [0.25, 0.3) is 0 Å². The van der Waals surface area contributed by atoms with Gasteiger partial charge in [-0.25, -0.2) is 0 Å². The lowest BCUT2D eigenvalue weighted by atomic mass is 9.97. The second-order valence-corrected chi connectivity index (χ2v) is 4.46. The molecule has 108 valence electrons. The van der Waals surface area contributed by atoms with Crippen LogP contribution in [0.3, 0.4) is 0 Å². The van der Waals surface area contributed by atoms with Crippen molar-refractivity contribution in [3.05, 3.63) is 29.8 Å². The zero-order chi connectivity index (χ0) is 13.9. The van der Waals surface area contributed by atoms with Gasteiger partial charge in [-0.1, -0.05) is 18.2 Å². The molecule has 1 N–H and O–H groups in total. The Morgan fingerprint density at radius 1 is 1.11 bits per heavy atom. The molecule has 0 amide bonds. The lowest BCUT2D eigenvalue weighted by molar-refractivity contribution is 0.0587. The molecule has 0 fully saturated rings. The number of methoxy groups -OCH3 is 2. The van der Waals surface area contributed by atoms with Crippen LogP contribution in [0.4, 0.5) is 0 Å². The van der Waals surface area contributed by atoms with Gasteiger partial charge in [-0.15, -0.1) is 0 Å². The summed E-state index contributed by atoms with van der Waals surface area (Å²) >= 11 is 0. The van der Waals surface area contributed by atoms with Crippen molar-refractivity contribution < 1.29 is 19.3 Å². The molecule has 4 nitrogen and oxygen atoms in total. The maximum atomic E-state index is 9.43. The minimum Gasteiger partial charge on any atom is -0.496 e. The van der Waals surface area contributed by atoms with Crippen molar-refractivity contribution in [2.24, 2.45) is 5.92 Å². The summed E-state index contributed by atoms with van der Waals surface area (Å²) in [7, 11) is 3.32. The monoisotopic (exact) mass is 268 g/mol. The third-order valence-electron chi connectivity index (χ3n) is 3.06. The maximum absolute atomic E-state index is 9.43. The van der Waals surface area contributed by atoms with Crippen molar-refractivity contribution in [3.63, 3.8) is 0 Å². The van der Waals surface area contributed by atoms with Gasteiger partial charge in [0, 0.05) is 20.3 Å². The van der Waals surface area contributed by atoms with E-state index in [0.717, 1.165) is 24.2 Å². The Bertz CT molecular complexity index is 341. The van der Waals surface area contributed by atoms with Gasteiger partial charge < -0.3 is 19.3 Å². The molecule has 1 unspecified atom stereocenters. The Hall–Kier alpha value is -1.10. The number of aliphatic hydroxyl groups is 1. The third-order valence-corrected chi connectivity index (χ3v) is 3.06. The molecule has 1 rings (SSSR count).